The molecule has 2 saturated heterocycles. The molecule has 0 saturated carbocycles. The monoisotopic (exact) mass is 1240 g/mol. The topological polar surface area (TPSA) is 201 Å². The Morgan fingerprint density at radius 2 is 1.19 bits per heavy atom. The van der Waals surface area contributed by atoms with Crippen LogP contribution in [0.4, 0.5) is 20.2 Å². The predicted octanol–water partition coefficient (Wildman–Crippen LogP) is 12.5. The number of carbonyl (C=O) groups is 4. The maximum absolute atomic E-state index is 15.1. The molecule has 0 amide bonds. The zero-order valence-corrected chi connectivity index (χ0v) is 52.8. The van der Waals surface area contributed by atoms with Gasteiger partial charge in [0.25, 0.3) is 0 Å². The number of piperazine rings is 1. The van der Waals surface area contributed by atoms with E-state index in [0.717, 1.165) is 94.3 Å². The molecule has 0 spiro atoms. The van der Waals surface area contributed by atoms with Gasteiger partial charge in [0.05, 0.1) is 31.5 Å². The molecule has 21 heteroatoms. The lowest BCUT2D eigenvalue weighted by Gasteiger charge is -2.37. The van der Waals surface area contributed by atoms with Crippen LogP contribution in [0.3, 0.4) is 0 Å². The SMILES string of the molecule is CCCCCCCCCCCC(=O)OCC(COC(=O)CCCCCCCCCCC)OC(=O)/C=C/C(=O)O[C@@H](C)C(CC)n1ncn(-c2ccc(N3CCN(c4ccc(OC[C@@H]5CO[C@@](Cn6cncn6)(c6ccc(F)cc6F)C5)cc4)CC3)cc2)c1=O. The molecule has 2 fully saturated rings. The molecule has 0 N–H and O–H groups in total. The lowest BCUT2D eigenvalue weighted by atomic mass is 9.87. The Kier molecular flexibility index (Phi) is 28.6. The van der Waals surface area contributed by atoms with Gasteiger partial charge in [-0.25, -0.2) is 42.1 Å². The molecule has 1 unspecified atom stereocenters. The van der Waals surface area contributed by atoms with Crippen LogP contribution in [0.2, 0.25) is 0 Å². The minimum atomic E-state index is -1.10. The van der Waals surface area contributed by atoms with E-state index in [4.69, 9.17) is 28.4 Å². The van der Waals surface area contributed by atoms with Crippen molar-refractivity contribution in [2.24, 2.45) is 5.92 Å². The van der Waals surface area contributed by atoms with Crippen molar-refractivity contribution in [3.63, 3.8) is 0 Å². The van der Waals surface area contributed by atoms with Gasteiger partial charge >= 0.3 is 29.6 Å². The van der Waals surface area contributed by atoms with Crippen LogP contribution >= 0.6 is 0 Å². The normalized spacial score (nSPS) is 16.6. The third-order valence-electron chi connectivity index (χ3n) is 16.7. The molecule has 2 aromatic heterocycles. The lowest BCUT2D eigenvalue weighted by Crippen LogP contribution is -2.46. The van der Waals surface area contributed by atoms with Crippen molar-refractivity contribution in [2.45, 2.75) is 199 Å². The van der Waals surface area contributed by atoms with Crippen molar-refractivity contribution in [1.29, 1.82) is 0 Å². The number of aromatic nitrogens is 6. The van der Waals surface area contributed by atoms with Crippen LogP contribution in [-0.2, 0) is 55.0 Å². The predicted molar refractivity (Wildman–Crippen MR) is 336 cm³/mol. The Labute approximate surface area is 523 Å². The summed E-state index contributed by atoms with van der Waals surface area (Å²) in [5, 5.41) is 8.61. The van der Waals surface area contributed by atoms with Crippen LogP contribution in [-0.4, -0.2) is 118 Å². The Hall–Kier alpha value is -7.42. The van der Waals surface area contributed by atoms with Crippen LogP contribution in [0, 0.1) is 17.6 Å². The first-order chi connectivity index (χ1) is 43.3. The van der Waals surface area contributed by atoms with E-state index in [2.05, 4.69) is 38.8 Å². The minimum Gasteiger partial charge on any atom is -0.493 e. The average Bonchev–Trinajstić information content (AvgIpc) is 1.80. The number of hydrogen-bond donors (Lipinski definition) is 0. The molecule has 19 nitrogen and oxygen atoms in total. The molecular weight excluding hydrogens is 1140 g/mol. The summed E-state index contributed by atoms with van der Waals surface area (Å²) in [6, 6.07) is 18.6. The number of ether oxygens (including phenoxy) is 6. The number of unbranched alkanes of at least 4 members (excludes halogenated alkanes) is 16. The van der Waals surface area contributed by atoms with E-state index in [1.165, 1.54) is 98.2 Å². The molecule has 0 bridgehead atoms. The highest BCUT2D eigenvalue weighted by molar-refractivity contribution is 5.91. The van der Waals surface area contributed by atoms with Gasteiger partial charge in [0, 0.05) is 80.1 Å². The molecule has 4 atom stereocenters. The van der Waals surface area contributed by atoms with E-state index in [0.29, 0.717) is 50.3 Å². The molecule has 7 rings (SSSR count). The van der Waals surface area contributed by atoms with Gasteiger partial charge in [0.2, 0.25) is 0 Å². The summed E-state index contributed by atoms with van der Waals surface area (Å²) in [6.45, 7) is 11.3. The van der Waals surface area contributed by atoms with Gasteiger partial charge in [-0.15, -0.1) is 0 Å². The van der Waals surface area contributed by atoms with Gasteiger partial charge in [-0.05, 0) is 87.2 Å². The highest BCUT2D eigenvalue weighted by atomic mass is 19.1. The molecule has 2 aliphatic rings. The van der Waals surface area contributed by atoms with Crippen molar-refractivity contribution >= 4 is 35.3 Å². The first-order valence-corrected chi connectivity index (χ1v) is 32.6. The number of esters is 4. The molecule has 5 aromatic rings. The van der Waals surface area contributed by atoms with Gasteiger partial charge < -0.3 is 38.2 Å². The standard InChI is InChI=1S/C68H94F2N8O11/c1-5-8-10-12-14-16-18-20-22-24-63(79)85-46-59(47-86-64(80)25-23-21-19-17-15-13-11-9-6-2)89-66(82)37-36-65(81)88-52(4)62(7-3)78-67(83)77(51-73-78)57-29-27-55(28-30-57)74-38-40-75(41-39-74)56-31-33-58(34-32-56)84-44-53-43-68(87-45-53,48-76-50-71-49-72-76)60-35-26-54(69)42-61(60)70/h26-37,42,49-53,59,62H,5-25,38-41,43-48H2,1-4H3/b37-36+/t52-,53+,62?,68-/m0/s1. The van der Waals surface area contributed by atoms with Gasteiger partial charge in [-0.2, -0.15) is 10.2 Å². The number of anilines is 2. The summed E-state index contributed by atoms with van der Waals surface area (Å²) in [7, 11) is 0. The summed E-state index contributed by atoms with van der Waals surface area (Å²) in [5.41, 5.74) is 1.48. The van der Waals surface area contributed by atoms with E-state index in [1.807, 2.05) is 55.5 Å². The van der Waals surface area contributed by atoms with Gasteiger partial charge in [-0.3, -0.25) is 9.59 Å². The highest BCUT2D eigenvalue weighted by Gasteiger charge is 2.45. The summed E-state index contributed by atoms with van der Waals surface area (Å²) < 4.78 is 68.0. The summed E-state index contributed by atoms with van der Waals surface area (Å²) >= 11 is 0. The van der Waals surface area contributed by atoms with Crippen molar-refractivity contribution in [2.75, 3.05) is 62.4 Å². The molecule has 0 radical (unpaired) electrons. The summed E-state index contributed by atoms with van der Waals surface area (Å²) in [5.74, 6) is -3.31. The quantitative estimate of drug-likeness (QED) is 0.0155. The smallest absolute Gasteiger partial charge is 0.350 e. The van der Waals surface area contributed by atoms with Crippen molar-refractivity contribution in [3.05, 3.63) is 126 Å². The second kappa shape index (κ2) is 36.9. The Morgan fingerprint density at radius 1 is 0.663 bits per heavy atom. The van der Waals surface area contributed by atoms with E-state index < -0.39 is 65.1 Å². The molecule has 4 heterocycles. The van der Waals surface area contributed by atoms with Crippen molar-refractivity contribution in [1.82, 2.24) is 29.1 Å². The third kappa shape index (κ3) is 22.2. The molecule has 2 aliphatic heterocycles. The Balaban J connectivity index is 0.841. The molecule has 0 aliphatic carbocycles. The van der Waals surface area contributed by atoms with Crippen LogP contribution in [0.15, 0.2) is 103 Å². The average molecular weight is 1240 g/mol. The third-order valence-corrected chi connectivity index (χ3v) is 16.7. The minimum absolute atomic E-state index is 0.0540. The Bertz CT molecular complexity index is 2970. The molecular formula is C68H94F2N8O11. The number of carbonyl (C=O) groups excluding carboxylic acids is 4. The summed E-state index contributed by atoms with van der Waals surface area (Å²) in [6.07, 6.45) is 25.5. The lowest BCUT2D eigenvalue weighted by molar-refractivity contribution is -0.163. The maximum atomic E-state index is 15.1. The van der Waals surface area contributed by atoms with E-state index in [9.17, 15) is 28.4 Å². The number of hydrogen-bond acceptors (Lipinski definition) is 16. The van der Waals surface area contributed by atoms with E-state index in [-0.39, 0.29) is 44.1 Å². The largest absolute Gasteiger partial charge is 0.493 e. The molecule has 486 valence electrons. The van der Waals surface area contributed by atoms with Crippen LogP contribution in [0.5, 0.6) is 5.75 Å². The van der Waals surface area contributed by atoms with Gasteiger partial charge in [0.1, 0.15) is 61.3 Å². The van der Waals surface area contributed by atoms with Gasteiger partial charge in [-0.1, -0.05) is 130 Å². The fourth-order valence-corrected chi connectivity index (χ4v) is 11.7. The molecule has 3 aromatic carbocycles. The number of nitrogens with zero attached hydrogens (tertiary/aromatic N) is 8. The summed E-state index contributed by atoms with van der Waals surface area (Å²) in [4.78, 5) is 74.0. The fourth-order valence-electron chi connectivity index (χ4n) is 11.7. The van der Waals surface area contributed by atoms with Crippen LogP contribution in [0.1, 0.15) is 181 Å². The number of halogens is 2. The van der Waals surface area contributed by atoms with E-state index >= 15 is 4.39 Å². The van der Waals surface area contributed by atoms with Crippen LogP contribution in [0.25, 0.3) is 5.69 Å². The van der Waals surface area contributed by atoms with Crippen LogP contribution < -0.4 is 20.2 Å². The van der Waals surface area contributed by atoms with Crippen molar-refractivity contribution in [3.8, 4) is 11.4 Å². The number of rotatable bonds is 40. The number of benzene rings is 3. The zero-order valence-electron chi connectivity index (χ0n) is 52.8. The first-order valence-electron chi connectivity index (χ1n) is 32.6. The van der Waals surface area contributed by atoms with Crippen molar-refractivity contribution < 1.29 is 56.4 Å². The maximum Gasteiger partial charge on any atom is 0.350 e. The Morgan fingerprint density at radius 3 is 1.72 bits per heavy atom. The molecule has 89 heavy (non-hydrogen) atoms. The second-order valence-electron chi connectivity index (χ2n) is 23.6. The van der Waals surface area contributed by atoms with E-state index in [1.54, 1.807) is 17.9 Å². The fraction of sp³-hybridized carbons (Fsp3) is 0.588. The highest BCUT2D eigenvalue weighted by Crippen LogP contribution is 2.42. The van der Waals surface area contributed by atoms with Gasteiger partial charge in [0.15, 0.2) is 6.10 Å². The second-order valence-corrected chi connectivity index (χ2v) is 23.6. The first kappa shape index (κ1) is 69.1. The zero-order chi connectivity index (χ0) is 63.2.